The first kappa shape index (κ1) is 13.8. The second kappa shape index (κ2) is 7.91. The number of unbranched alkanes of at least 4 members (excludes halogenated alkanes) is 3. The number of thiophene rings is 1. The van der Waals surface area contributed by atoms with E-state index in [2.05, 4.69) is 37.5 Å². The van der Waals surface area contributed by atoms with E-state index in [1.807, 2.05) is 6.21 Å². The van der Waals surface area contributed by atoms with Gasteiger partial charge in [-0.2, -0.15) is 0 Å². The van der Waals surface area contributed by atoms with E-state index in [4.69, 9.17) is 0 Å². The zero-order valence-electron chi connectivity index (χ0n) is 10.2. The summed E-state index contributed by atoms with van der Waals surface area (Å²) in [7, 11) is 0. The monoisotopic (exact) mass is 255 g/mol. The first-order chi connectivity index (χ1) is 7.77. The zero-order valence-corrected chi connectivity index (χ0v) is 11.9. The van der Waals surface area contributed by atoms with E-state index in [0.29, 0.717) is 0 Å². The molecule has 1 nitrogen and oxygen atoms in total. The molecular formula is C13H21NS2. The van der Waals surface area contributed by atoms with Gasteiger partial charge in [0.15, 0.2) is 0 Å². The molecule has 0 N–H and O–H groups in total. The fraction of sp³-hybridized carbons (Fsp3) is 0.615. The van der Waals surface area contributed by atoms with Crippen LogP contribution >= 0.6 is 24.0 Å². The van der Waals surface area contributed by atoms with Gasteiger partial charge in [0.05, 0.1) is 4.21 Å². The van der Waals surface area contributed by atoms with Crippen LogP contribution < -0.4 is 0 Å². The summed E-state index contributed by atoms with van der Waals surface area (Å²) in [5.41, 5.74) is 1.18. The summed E-state index contributed by atoms with van der Waals surface area (Å²) < 4.78 is 1.09. The van der Waals surface area contributed by atoms with Gasteiger partial charge >= 0.3 is 0 Å². The van der Waals surface area contributed by atoms with Crippen LogP contribution in [0.2, 0.25) is 0 Å². The van der Waals surface area contributed by atoms with Crippen LogP contribution in [0.5, 0.6) is 0 Å². The highest BCUT2D eigenvalue weighted by Crippen LogP contribution is 2.24. The molecule has 16 heavy (non-hydrogen) atoms. The average Bonchev–Trinajstić information content (AvgIpc) is 2.65. The van der Waals surface area contributed by atoms with Crippen molar-refractivity contribution < 1.29 is 0 Å². The van der Waals surface area contributed by atoms with Crippen LogP contribution in [0.25, 0.3) is 0 Å². The molecule has 0 aliphatic heterocycles. The van der Waals surface area contributed by atoms with Crippen LogP contribution in [-0.2, 0) is 6.42 Å². The van der Waals surface area contributed by atoms with Crippen molar-refractivity contribution in [3.05, 3.63) is 16.5 Å². The first-order valence-corrected chi connectivity index (χ1v) is 7.35. The van der Waals surface area contributed by atoms with Crippen molar-refractivity contribution in [1.82, 2.24) is 0 Å². The predicted molar refractivity (Wildman–Crippen MR) is 77.6 cm³/mol. The molecule has 0 fully saturated rings. The van der Waals surface area contributed by atoms with Gasteiger partial charge in [0, 0.05) is 23.2 Å². The van der Waals surface area contributed by atoms with Crippen LogP contribution in [0.15, 0.2) is 15.3 Å². The molecule has 1 aromatic rings. The van der Waals surface area contributed by atoms with E-state index in [-0.39, 0.29) is 0 Å². The van der Waals surface area contributed by atoms with E-state index in [1.165, 1.54) is 36.1 Å². The summed E-state index contributed by atoms with van der Waals surface area (Å²) in [6.07, 6.45) is 8.18. The normalized spacial score (nSPS) is 11.4. The average molecular weight is 255 g/mol. The van der Waals surface area contributed by atoms with Crippen LogP contribution in [0.4, 0.5) is 0 Å². The fourth-order valence-corrected chi connectivity index (χ4v) is 2.79. The summed E-state index contributed by atoms with van der Waals surface area (Å²) in [5, 5.41) is 0. The van der Waals surface area contributed by atoms with Crippen molar-refractivity contribution >= 4 is 30.2 Å². The van der Waals surface area contributed by atoms with Crippen LogP contribution in [-0.4, -0.2) is 12.8 Å². The van der Waals surface area contributed by atoms with Crippen molar-refractivity contribution in [2.75, 3.05) is 6.54 Å². The van der Waals surface area contributed by atoms with Crippen LogP contribution in [0, 0.1) is 0 Å². The largest absolute Gasteiger partial charge is 0.292 e. The lowest BCUT2D eigenvalue weighted by Gasteiger charge is -1.94. The SMILES string of the molecule is CCCCCCN=Cc1cc(CC)sc1S. The highest BCUT2D eigenvalue weighted by molar-refractivity contribution is 7.83. The number of hydrogen-bond acceptors (Lipinski definition) is 3. The molecule has 0 spiro atoms. The Balaban J connectivity index is 2.34. The van der Waals surface area contributed by atoms with Gasteiger partial charge in [0.25, 0.3) is 0 Å². The molecule has 0 aliphatic rings. The van der Waals surface area contributed by atoms with Crippen molar-refractivity contribution in [1.29, 1.82) is 0 Å². The predicted octanol–water partition coefficient (Wildman–Crippen LogP) is 4.60. The van der Waals surface area contributed by atoms with Gasteiger partial charge in [0.2, 0.25) is 0 Å². The van der Waals surface area contributed by atoms with E-state index < -0.39 is 0 Å². The maximum absolute atomic E-state index is 4.46. The van der Waals surface area contributed by atoms with Gasteiger partial charge in [-0.05, 0) is 18.9 Å². The van der Waals surface area contributed by atoms with Gasteiger partial charge in [-0.25, -0.2) is 0 Å². The smallest absolute Gasteiger partial charge is 0.0658 e. The highest BCUT2D eigenvalue weighted by atomic mass is 32.2. The summed E-state index contributed by atoms with van der Waals surface area (Å²) in [6, 6.07) is 2.20. The quantitative estimate of drug-likeness (QED) is 0.415. The summed E-state index contributed by atoms with van der Waals surface area (Å²) >= 11 is 6.22. The minimum Gasteiger partial charge on any atom is -0.292 e. The maximum atomic E-state index is 4.46. The van der Waals surface area contributed by atoms with Crippen LogP contribution in [0.3, 0.4) is 0 Å². The molecule has 0 bridgehead atoms. The summed E-state index contributed by atoms with van der Waals surface area (Å²) in [6.45, 7) is 5.35. The molecule has 0 amide bonds. The van der Waals surface area contributed by atoms with Crippen molar-refractivity contribution in [2.24, 2.45) is 4.99 Å². The minimum absolute atomic E-state index is 0.949. The Morgan fingerprint density at radius 2 is 2.12 bits per heavy atom. The molecule has 0 atom stereocenters. The van der Waals surface area contributed by atoms with Gasteiger partial charge in [-0.15, -0.1) is 24.0 Å². The number of hydrogen-bond donors (Lipinski definition) is 1. The Hall–Kier alpha value is -0.280. The Morgan fingerprint density at radius 1 is 1.31 bits per heavy atom. The van der Waals surface area contributed by atoms with Crippen molar-refractivity contribution in [2.45, 2.75) is 50.2 Å². The second-order valence-electron chi connectivity index (χ2n) is 3.92. The molecule has 0 unspecified atom stereocenters. The summed E-state index contributed by atoms with van der Waals surface area (Å²) in [4.78, 5) is 5.84. The lowest BCUT2D eigenvalue weighted by atomic mass is 10.2. The van der Waals surface area contributed by atoms with Crippen molar-refractivity contribution in [3.8, 4) is 0 Å². The molecule has 0 radical (unpaired) electrons. The van der Waals surface area contributed by atoms with Gasteiger partial charge in [-0.3, -0.25) is 4.99 Å². The third-order valence-corrected chi connectivity index (χ3v) is 4.14. The van der Waals surface area contributed by atoms with E-state index in [0.717, 1.165) is 17.2 Å². The first-order valence-electron chi connectivity index (χ1n) is 6.09. The van der Waals surface area contributed by atoms with Gasteiger partial charge in [0.1, 0.15) is 0 Å². The zero-order chi connectivity index (χ0) is 11.8. The second-order valence-corrected chi connectivity index (χ2v) is 5.81. The Labute approximate surface area is 108 Å². The number of nitrogens with zero attached hydrogens (tertiary/aromatic N) is 1. The molecule has 1 rings (SSSR count). The molecule has 0 saturated carbocycles. The highest BCUT2D eigenvalue weighted by Gasteiger charge is 2.01. The topological polar surface area (TPSA) is 12.4 Å². The van der Waals surface area contributed by atoms with E-state index in [1.54, 1.807) is 11.3 Å². The maximum Gasteiger partial charge on any atom is 0.0658 e. The molecular weight excluding hydrogens is 234 g/mol. The molecule has 0 aromatic carbocycles. The lowest BCUT2D eigenvalue weighted by molar-refractivity contribution is 0.676. The number of rotatable bonds is 7. The molecule has 3 heteroatoms. The number of thiol groups is 1. The minimum atomic E-state index is 0.949. The Morgan fingerprint density at radius 3 is 2.75 bits per heavy atom. The van der Waals surface area contributed by atoms with E-state index >= 15 is 0 Å². The fourth-order valence-electron chi connectivity index (χ4n) is 1.51. The van der Waals surface area contributed by atoms with Crippen molar-refractivity contribution in [3.63, 3.8) is 0 Å². The molecule has 0 aliphatic carbocycles. The van der Waals surface area contributed by atoms with E-state index in [9.17, 15) is 0 Å². The van der Waals surface area contributed by atoms with Gasteiger partial charge in [-0.1, -0.05) is 33.1 Å². The van der Waals surface area contributed by atoms with Crippen LogP contribution in [0.1, 0.15) is 50.0 Å². The Bertz CT molecular complexity index is 329. The van der Waals surface area contributed by atoms with Gasteiger partial charge < -0.3 is 0 Å². The molecule has 1 aromatic heterocycles. The number of aryl methyl sites for hydroxylation is 1. The Kier molecular flexibility index (Phi) is 6.81. The standard InChI is InChI=1S/C13H21NS2/c1-3-5-6-7-8-14-10-11-9-12(4-2)16-13(11)15/h9-10,15H,3-8H2,1-2H3. The molecule has 90 valence electrons. The lowest BCUT2D eigenvalue weighted by Crippen LogP contribution is -1.84. The summed E-state index contributed by atoms with van der Waals surface area (Å²) in [5.74, 6) is 0. The third-order valence-electron chi connectivity index (χ3n) is 2.51. The number of aliphatic imine (C=N–C) groups is 1. The molecule has 0 saturated heterocycles. The third kappa shape index (κ3) is 4.71. The molecule has 1 heterocycles.